The molecule has 1 aliphatic rings. The Bertz CT molecular complexity index is 427. The first-order valence-electron chi connectivity index (χ1n) is 7.73. The van der Waals surface area contributed by atoms with Gasteiger partial charge in [0.1, 0.15) is 0 Å². The van der Waals surface area contributed by atoms with E-state index in [4.69, 9.17) is 4.74 Å². The maximum Gasteiger partial charge on any atom is 0.168 e. The van der Waals surface area contributed by atoms with Crippen LogP contribution in [-0.2, 0) is 6.42 Å². The fraction of sp³-hybridized carbons (Fsp3) is 0.647. The third-order valence-corrected chi connectivity index (χ3v) is 4.42. The molecule has 2 rings (SSSR count). The van der Waals surface area contributed by atoms with Crippen molar-refractivity contribution in [1.29, 1.82) is 0 Å². The van der Waals surface area contributed by atoms with E-state index < -0.39 is 0 Å². The SMILES string of the molecule is CCCNCC1(Cc2cccc(OC)c2F)CCCC1. The number of benzene rings is 1. The maximum atomic E-state index is 14.3. The van der Waals surface area contributed by atoms with Gasteiger partial charge in [0.05, 0.1) is 7.11 Å². The number of hydrogen-bond donors (Lipinski definition) is 1. The van der Waals surface area contributed by atoms with Crippen molar-refractivity contribution >= 4 is 0 Å². The molecule has 0 unspecified atom stereocenters. The minimum Gasteiger partial charge on any atom is -0.494 e. The van der Waals surface area contributed by atoms with Gasteiger partial charge in [0.15, 0.2) is 11.6 Å². The van der Waals surface area contributed by atoms with Crippen molar-refractivity contribution in [2.24, 2.45) is 5.41 Å². The van der Waals surface area contributed by atoms with Gasteiger partial charge in [-0.2, -0.15) is 0 Å². The van der Waals surface area contributed by atoms with Crippen LogP contribution in [0.2, 0.25) is 0 Å². The Balaban J connectivity index is 2.12. The third kappa shape index (κ3) is 3.51. The molecule has 1 N–H and O–H groups in total. The molecule has 0 saturated heterocycles. The van der Waals surface area contributed by atoms with Crippen LogP contribution in [0.3, 0.4) is 0 Å². The Labute approximate surface area is 121 Å². The van der Waals surface area contributed by atoms with Crippen LogP contribution in [0, 0.1) is 11.2 Å². The molecule has 0 radical (unpaired) electrons. The smallest absolute Gasteiger partial charge is 0.168 e. The van der Waals surface area contributed by atoms with Gasteiger partial charge in [-0.25, -0.2) is 4.39 Å². The fourth-order valence-corrected chi connectivity index (χ4v) is 3.33. The van der Waals surface area contributed by atoms with Crippen LogP contribution in [0.1, 0.15) is 44.6 Å². The van der Waals surface area contributed by atoms with Gasteiger partial charge < -0.3 is 10.1 Å². The summed E-state index contributed by atoms with van der Waals surface area (Å²) in [5.74, 6) is 0.175. The maximum absolute atomic E-state index is 14.3. The lowest BCUT2D eigenvalue weighted by molar-refractivity contribution is 0.273. The molecule has 3 heteroatoms. The lowest BCUT2D eigenvalue weighted by Crippen LogP contribution is -2.34. The molecule has 0 heterocycles. The van der Waals surface area contributed by atoms with E-state index in [0.29, 0.717) is 5.75 Å². The lowest BCUT2D eigenvalue weighted by Gasteiger charge is -2.30. The minimum atomic E-state index is -0.184. The summed E-state index contributed by atoms with van der Waals surface area (Å²) in [6, 6.07) is 5.48. The van der Waals surface area contributed by atoms with Crippen molar-refractivity contribution in [1.82, 2.24) is 5.32 Å². The molecule has 20 heavy (non-hydrogen) atoms. The Morgan fingerprint density at radius 3 is 2.70 bits per heavy atom. The van der Waals surface area contributed by atoms with Crippen LogP contribution in [-0.4, -0.2) is 20.2 Å². The summed E-state index contributed by atoms with van der Waals surface area (Å²) in [7, 11) is 1.52. The van der Waals surface area contributed by atoms with E-state index in [0.717, 1.165) is 31.5 Å². The molecule has 112 valence electrons. The van der Waals surface area contributed by atoms with Crippen LogP contribution < -0.4 is 10.1 Å². The van der Waals surface area contributed by atoms with Crippen LogP contribution in [0.5, 0.6) is 5.75 Å². The molecule has 0 aliphatic heterocycles. The Morgan fingerprint density at radius 2 is 2.05 bits per heavy atom. The van der Waals surface area contributed by atoms with Crippen molar-refractivity contribution in [2.45, 2.75) is 45.4 Å². The number of nitrogens with one attached hydrogen (secondary N) is 1. The van der Waals surface area contributed by atoms with Gasteiger partial charge in [-0.3, -0.25) is 0 Å². The van der Waals surface area contributed by atoms with Gasteiger partial charge in [0, 0.05) is 6.54 Å². The number of methoxy groups -OCH3 is 1. The third-order valence-electron chi connectivity index (χ3n) is 4.42. The number of rotatable bonds is 7. The van der Waals surface area contributed by atoms with Gasteiger partial charge in [0.25, 0.3) is 0 Å². The van der Waals surface area contributed by atoms with Crippen molar-refractivity contribution < 1.29 is 9.13 Å². The predicted molar refractivity (Wildman–Crippen MR) is 80.7 cm³/mol. The number of hydrogen-bond acceptors (Lipinski definition) is 2. The van der Waals surface area contributed by atoms with E-state index in [9.17, 15) is 4.39 Å². The standard InChI is InChI=1S/C17H26FNO/c1-3-11-19-13-17(9-4-5-10-17)12-14-7-6-8-15(20-2)16(14)18/h6-8,19H,3-5,9-13H2,1-2H3. The van der Waals surface area contributed by atoms with Gasteiger partial charge in [-0.1, -0.05) is 31.9 Å². The highest BCUT2D eigenvalue weighted by Gasteiger charge is 2.34. The first-order valence-corrected chi connectivity index (χ1v) is 7.73. The summed E-state index contributed by atoms with van der Waals surface area (Å²) in [4.78, 5) is 0. The molecule has 0 amide bonds. The van der Waals surface area contributed by atoms with Gasteiger partial charge in [-0.15, -0.1) is 0 Å². The second kappa shape index (κ2) is 7.07. The van der Waals surface area contributed by atoms with Gasteiger partial charge >= 0.3 is 0 Å². The van der Waals surface area contributed by atoms with Crippen LogP contribution in [0.15, 0.2) is 18.2 Å². The van der Waals surface area contributed by atoms with E-state index in [-0.39, 0.29) is 11.2 Å². The van der Waals surface area contributed by atoms with Crippen molar-refractivity contribution in [2.75, 3.05) is 20.2 Å². The molecule has 0 aromatic heterocycles. The molecule has 2 nitrogen and oxygen atoms in total. The average molecular weight is 279 g/mol. The molecule has 1 saturated carbocycles. The van der Waals surface area contributed by atoms with E-state index in [1.807, 2.05) is 12.1 Å². The second-order valence-electron chi connectivity index (χ2n) is 5.99. The van der Waals surface area contributed by atoms with Crippen molar-refractivity contribution in [3.05, 3.63) is 29.6 Å². The summed E-state index contributed by atoms with van der Waals surface area (Å²) >= 11 is 0. The first-order chi connectivity index (χ1) is 9.71. The molecule has 1 fully saturated rings. The molecule has 0 spiro atoms. The Hall–Kier alpha value is -1.09. The second-order valence-corrected chi connectivity index (χ2v) is 5.99. The first kappa shape index (κ1) is 15.3. The number of ether oxygens (including phenoxy) is 1. The topological polar surface area (TPSA) is 21.3 Å². The highest BCUT2D eigenvalue weighted by Crippen LogP contribution is 2.41. The van der Waals surface area contributed by atoms with E-state index in [1.54, 1.807) is 6.07 Å². The highest BCUT2D eigenvalue weighted by atomic mass is 19.1. The van der Waals surface area contributed by atoms with Crippen molar-refractivity contribution in [3.63, 3.8) is 0 Å². The largest absolute Gasteiger partial charge is 0.494 e. The van der Waals surface area contributed by atoms with E-state index >= 15 is 0 Å². The monoisotopic (exact) mass is 279 g/mol. The van der Waals surface area contributed by atoms with Crippen molar-refractivity contribution in [3.8, 4) is 5.75 Å². The molecule has 0 bridgehead atoms. The van der Waals surface area contributed by atoms with Crippen LogP contribution in [0.25, 0.3) is 0 Å². The Kier molecular flexibility index (Phi) is 5.41. The summed E-state index contributed by atoms with van der Waals surface area (Å²) in [6.45, 7) is 4.22. The fourth-order valence-electron chi connectivity index (χ4n) is 3.33. The van der Waals surface area contributed by atoms with Gasteiger partial charge in [-0.05, 0) is 49.3 Å². The Morgan fingerprint density at radius 1 is 1.30 bits per heavy atom. The van der Waals surface area contributed by atoms with Gasteiger partial charge in [0.2, 0.25) is 0 Å². The normalized spacial score (nSPS) is 17.4. The molecule has 1 aromatic carbocycles. The zero-order valence-corrected chi connectivity index (χ0v) is 12.7. The highest BCUT2D eigenvalue weighted by molar-refractivity contribution is 5.32. The summed E-state index contributed by atoms with van der Waals surface area (Å²) in [6.07, 6.45) is 6.87. The molecular weight excluding hydrogens is 253 g/mol. The molecule has 1 aromatic rings. The zero-order chi connectivity index (χ0) is 14.4. The zero-order valence-electron chi connectivity index (χ0n) is 12.7. The number of halogens is 1. The average Bonchev–Trinajstić information content (AvgIpc) is 2.90. The molecular formula is C17H26FNO. The predicted octanol–water partition coefficient (Wildman–Crippen LogP) is 3.94. The van der Waals surface area contributed by atoms with E-state index in [1.165, 1.54) is 32.8 Å². The van der Waals surface area contributed by atoms with Crippen LogP contribution in [0.4, 0.5) is 4.39 Å². The lowest BCUT2D eigenvalue weighted by atomic mass is 9.79. The van der Waals surface area contributed by atoms with Crippen LogP contribution >= 0.6 is 0 Å². The quantitative estimate of drug-likeness (QED) is 0.763. The van der Waals surface area contributed by atoms with E-state index in [2.05, 4.69) is 12.2 Å². The molecule has 0 atom stereocenters. The molecule has 1 aliphatic carbocycles. The minimum absolute atomic E-state index is 0.184. The summed E-state index contributed by atoms with van der Waals surface area (Å²) in [5.41, 5.74) is 1.02. The summed E-state index contributed by atoms with van der Waals surface area (Å²) < 4.78 is 19.4. The summed E-state index contributed by atoms with van der Waals surface area (Å²) in [5, 5.41) is 3.53.